The molecule has 0 radical (unpaired) electrons. The molecule has 0 bridgehead atoms. The fourth-order valence-corrected chi connectivity index (χ4v) is 0.606. The van der Waals surface area contributed by atoms with Crippen LogP contribution in [0.15, 0.2) is 12.3 Å². The van der Waals surface area contributed by atoms with Gasteiger partial charge in [0.15, 0.2) is 5.78 Å². The quantitative estimate of drug-likeness (QED) is 0.465. The van der Waals surface area contributed by atoms with Crippen LogP contribution in [0.25, 0.3) is 0 Å². The van der Waals surface area contributed by atoms with Gasteiger partial charge in [0.1, 0.15) is 6.61 Å². The first kappa shape index (κ1) is 5.35. The second-order valence-electron chi connectivity index (χ2n) is 1.87. The Balaban J connectivity index is 2.40. The van der Waals surface area contributed by atoms with Gasteiger partial charge in [0, 0.05) is 12.8 Å². The normalized spacial score (nSPS) is 20.5. The summed E-state index contributed by atoms with van der Waals surface area (Å²) in [7, 11) is 0. The van der Waals surface area contributed by atoms with E-state index in [1.165, 1.54) is 0 Å². The smallest absolute Gasteiger partial charge is 0.170 e. The van der Waals surface area contributed by atoms with Gasteiger partial charge < -0.3 is 4.74 Å². The largest absolute Gasteiger partial charge is 0.491 e. The van der Waals surface area contributed by atoms with Crippen LogP contribution in [-0.2, 0) is 9.53 Å². The third-order valence-electron chi connectivity index (χ3n) is 1.12. The van der Waals surface area contributed by atoms with Crippen LogP contribution in [0.5, 0.6) is 0 Å². The molecule has 8 heavy (non-hydrogen) atoms. The van der Waals surface area contributed by atoms with Gasteiger partial charge in [-0.1, -0.05) is 6.58 Å². The third kappa shape index (κ3) is 1.09. The molecule has 1 fully saturated rings. The Morgan fingerprint density at radius 3 is 2.62 bits per heavy atom. The van der Waals surface area contributed by atoms with E-state index in [2.05, 4.69) is 6.58 Å². The highest BCUT2D eigenvalue weighted by Gasteiger charge is 2.10. The van der Waals surface area contributed by atoms with Crippen molar-refractivity contribution >= 4 is 5.78 Å². The highest BCUT2D eigenvalue weighted by molar-refractivity contribution is 5.80. The average Bonchev–Trinajstić information content (AvgIpc) is 1.77. The van der Waals surface area contributed by atoms with Crippen molar-refractivity contribution in [3.63, 3.8) is 0 Å². The molecule has 0 aromatic carbocycles. The maximum Gasteiger partial charge on any atom is 0.170 e. The summed E-state index contributed by atoms with van der Waals surface area (Å²) in [5.41, 5.74) is 0. The lowest BCUT2D eigenvalue weighted by Gasteiger charge is -2.12. The lowest BCUT2D eigenvalue weighted by Crippen LogP contribution is -2.13. The number of Topliss-reactive ketones (excluding diaryl/α,β-unsaturated/α-hetero) is 1. The fraction of sp³-hybridized carbons (Fsp3) is 0.500. The van der Waals surface area contributed by atoms with E-state index in [-0.39, 0.29) is 12.4 Å². The monoisotopic (exact) mass is 112 g/mol. The number of rotatable bonds is 0. The maximum atomic E-state index is 10.4. The summed E-state index contributed by atoms with van der Waals surface area (Å²) in [5.74, 6) is 0.919. The van der Waals surface area contributed by atoms with Crippen molar-refractivity contribution in [2.24, 2.45) is 0 Å². The molecular formula is C6H8O2. The predicted molar refractivity (Wildman–Crippen MR) is 29.3 cm³/mol. The number of hydrogen-bond acceptors (Lipinski definition) is 2. The number of ketones is 1. The number of allylic oxidation sites excluding steroid dienone is 1. The van der Waals surface area contributed by atoms with Gasteiger partial charge >= 0.3 is 0 Å². The van der Waals surface area contributed by atoms with Crippen LogP contribution in [0.1, 0.15) is 12.8 Å². The third-order valence-corrected chi connectivity index (χ3v) is 1.12. The molecule has 1 aliphatic rings. The van der Waals surface area contributed by atoms with Gasteiger partial charge in [0.25, 0.3) is 0 Å². The lowest BCUT2D eigenvalue weighted by molar-refractivity contribution is -0.124. The Kier molecular flexibility index (Phi) is 1.33. The van der Waals surface area contributed by atoms with E-state index in [9.17, 15) is 4.79 Å². The first-order chi connectivity index (χ1) is 3.79. The van der Waals surface area contributed by atoms with Crippen molar-refractivity contribution in [3.05, 3.63) is 12.3 Å². The van der Waals surface area contributed by atoms with Crippen molar-refractivity contribution < 1.29 is 9.53 Å². The molecular weight excluding hydrogens is 104 g/mol. The minimum Gasteiger partial charge on any atom is -0.491 e. The molecule has 0 unspecified atom stereocenters. The van der Waals surface area contributed by atoms with Crippen LogP contribution < -0.4 is 0 Å². The van der Waals surface area contributed by atoms with Gasteiger partial charge in [0.05, 0.1) is 5.76 Å². The molecule has 44 valence electrons. The van der Waals surface area contributed by atoms with Crippen LogP contribution in [-0.4, -0.2) is 12.4 Å². The fourth-order valence-electron chi connectivity index (χ4n) is 0.606. The van der Waals surface area contributed by atoms with E-state index in [1.54, 1.807) is 0 Å². The second kappa shape index (κ2) is 1.99. The zero-order chi connectivity index (χ0) is 5.98. The first-order valence-corrected chi connectivity index (χ1v) is 2.61. The zero-order valence-corrected chi connectivity index (χ0v) is 4.64. The Bertz CT molecular complexity index is 98.5. The summed E-state index contributed by atoms with van der Waals surface area (Å²) in [5, 5.41) is 0. The average molecular weight is 112 g/mol. The molecule has 0 spiro atoms. The van der Waals surface area contributed by atoms with Crippen LogP contribution >= 0.6 is 0 Å². The van der Waals surface area contributed by atoms with Gasteiger partial charge in [-0.15, -0.1) is 0 Å². The Hall–Kier alpha value is -0.790. The summed E-state index contributed by atoms with van der Waals surface area (Å²) in [6.07, 6.45) is 1.32. The van der Waals surface area contributed by atoms with Crippen LogP contribution in [0.4, 0.5) is 0 Å². The van der Waals surface area contributed by atoms with Crippen molar-refractivity contribution in [2.45, 2.75) is 12.8 Å². The standard InChI is InChI=1S/C6H8O2/c1-5-2-3-6(7)4-8-5/h1-4H2. The predicted octanol–water partition coefficient (Wildman–Crippen LogP) is 0.880. The molecule has 2 heteroatoms. The van der Waals surface area contributed by atoms with E-state index in [4.69, 9.17) is 4.74 Å². The molecule has 1 rings (SSSR count). The molecule has 1 aliphatic heterocycles. The van der Waals surface area contributed by atoms with Crippen molar-refractivity contribution in [2.75, 3.05) is 6.61 Å². The lowest BCUT2D eigenvalue weighted by atomic mass is 10.2. The summed E-state index contributed by atoms with van der Waals surface area (Å²) in [6, 6.07) is 0. The number of carbonyl (C=O) groups is 1. The van der Waals surface area contributed by atoms with Gasteiger partial charge in [-0.3, -0.25) is 4.79 Å². The van der Waals surface area contributed by atoms with Gasteiger partial charge in [-0.2, -0.15) is 0 Å². The maximum absolute atomic E-state index is 10.4. The SMILES string of the molecule is C=C1CCC(=O)CO1. The van der Waals surface area contributed by atoms with Crippen molar-refractivity contribution in [3.8, 4) is 0 Å². The number of carbonyl (C=O) groups excluding carboxylic acids is 1. The second-order valence-corrected chi connectivity index (χ2v) is 1.87. The molecule has 0 aromatic heterocycles. The first-order valence-electron chi connectivity index (χ1n) is 2.61. The molecule has 1 heterocycles. The number of hydrogen-bond donors (Lipinski definition) is 0. The molecule has 1 saturated heterocycles. The molecule has 0 aromatic rings. The van der Waals surface area contributed by atoms with Crippen molar-refractivity contribution in [1.82, 2.24) is 0 Å². The molecule has 0 atom stereocenters. The van der Waals surface area contributed by atoms with Gasteiger partial charge in [-0.25, -0.2) is 0 Å². The topological polar surface area (TPSA) is 26.3 Å². The van der Waals surface area contributed by atoms with Crippen LogP contribution in [0.2, 0.25) is 0 Å². The van der Waals surface area contributed by atoms with Gasteiger partial charge in [0.2, 0.25) is 0 Å². The summed E-state index contributed by atoms with van der Waals surface area (Å²) in [6.45, 7) is 3.81. The Morgan fingerprint density at radius 1 is 1.50 bits per heavy atom. The minimum atomic E-state index is 0.178. The van der Waals surface area contributed by atoms with Crippen LogP contribution in [0.3, 0.4) is 0 Å². The van der Waals surface area contributed by atoms with E-state index < -0.39 is 0 Å². The van der Waals surface area contributed by atoms with E-state index in [1.807, 2.05) is 0 Å². The Morgan fingerprint density at radius 2 is 2.25 bits per heavy atom. The van der Waals surface area contributed by atoms with Gasteiger partial charge in [-0.05, 0) is 0 Å². The van der Waals surface area contributed by atoms with Crippen LogP contribution in [0, 0.1) is 0 Å². The number of ether oxygens (including phenoxy) is 1. The summed E-state index contributed by atoms with van der Waals surface area (Å²) in [4.78, 5) is 10.4. The Labute approximate surface area is 48.1 Å². The van der Waals surface area contributed by atoms with Crippen molar-refractivity contribution in [1.29, 1.82) is 0 Å². The zero-order valence-electron chi connectivity index (χ0n) is 4.64. The molecule has 0 aliphatic carbocycles. The molecule has 2 nitrogen and oxygen atoms in total. The van der Waals surface area contributed by atoms with E-state index in [0.29, 0.717) is 12.8 Å². The molecule has 0 amide bonds. The summed E-state index contributed by atoms with van der Waals surface area (Å²) < 4.78 is 4.85. The van der Waals surface area contributed by atoms with E-state index >= 15 is 0 Å². The highest BCUT2D eigenvalue weighted by Crippen LogP contribution is 2.10. The molecule has 0 saturated carbocycles. The highest BCUT2D eigenvalue weighted by atomic mass is 16.5. The summed E-state index contributed by atoms with van der Waals surface area (Å²) >= 11 is 0. The minimum absolute atomic E-state index is 0.178. The molecule has 0 N–H and O–H groups in total. The van der Waals surface area contributed by atoms with E-state index in [0.717, 1.165) is 5.76 Å².